The highest BCUT2D eigenvalue weighted by Crippen LogP contribution is 2.57. The third-order valence-corrected chi connectivity index (χ3v) is 7.96. The summed E-state index contributed by atoms with van der Waals surface area (Å²) in [6.07, 6.45) is 9.84. The monoisotopic (exact) mass is 411 g/mol. The van der Waals surface area contributed by atoms with E-state index in [0.717, 1.165) is 28.0 Å². The molecule has 0 radical (unpaired) electrons. The first-order valence-corrected chi connectivity index (χ1v) is 11.1. The molecule has 4 bridgehead atoms. The zero-order valence-electron chi connectivity index (χ0n) is 17.9. The summed E-state index contributed by atoms with van der Waals surface area (Å²) in [7, 11) is 3.16. The van der Waals surface area contributed by atoms with Crippen LogP contribution in [0.25, 0.3) is 16.9 Å². The van der Waals surface area contributed by atoms with Gasteiger partial charge in [0.25, 0.3) is 5.56 Å². The van der Waals surface area contributed by atoms with E-state index in [4.69, 9.17) is 4.74 Å². The molecule has 8 nitrogen and oxygen atoms in total. The van der Waals surface area contributed by atoms with Crippen LogP contribution < -0.4 is 11.2 Å². The maximum Gasteiger partial charge on any atom is 0.332 e. The minimum Gasteiger partial charge on any atom is -0.373 e. The Kier molecular flexibility index (Phi) is 3.74. The van der Waals surface area contributed by atoms with Crippen LogP contribution in [0.1, 0.15) is 44.2 Å². The third-order valence-electron chi connectivity index (χ3n) is 7.96. The van der Waals surface area contributed by atoms with Crippen LogP contribution in [0.4, 0.5) is 0 Å². The summed E-state index contributed by atoms with van der Waals surface area (Å²) in [5, 5.41) is 0. The second kappa shape index (κ2) is 6.09. The molecule has 0 amide bonds. The van der Waals surface area contributed by atoms with E-state index < -0.39 is 0 Å². The van der Waals surface area contributed by atoms with E-state index in [1.54, 1.807) is 7.05 Å². The number of nitrogens with zero attached hydrogens (tertiary/aromatic N) is 5. The van der Waals surface area contributed by atoms with Crippen LogP contribution in [0, 0.1) is 24.7 Å². The van der Waals surface area contributed by atoms with Gasteiger partial charge in [-0.15, -0.1) is 0 Å². The average molecular weight is 412 g/mol. The molecule has 3 aromatic heterocycles. The van der Waals surface area contributed by atoms with Crippen molar-refractivity contribution < 1.29 is 4.74 Å². The fourth-order valence-corrected chi connectivity index (χ4v) is 6.97. The Morgan fingerprint density at radius 2 is 1.70 bits per heavy atom. The topological polar surface area (TPSA) is 75.5 Å². The average Bonchev–Trinajstić information content (AvgIpc) is 3.19. The van der Waals surface area contributed by atoms with Crippen molar-refractivity contribution in [2.75, 3.05) is 6.61 Å². The number of hydrogen-bond acceptors (Lipinski definition) is 4. The summed E-state index contributed by atoms with van der Waals surface area (Å²) >= 11 is 0. The summed E-state index contributed by atoms with van der Waals surface area (Å²) in [6.45, 7) is 3.37. The van der Waals surface area contributed by atoms with Crippen molar-refractivity contribution in [3.8, 4) is 0 Å². The highest BCUT2D eigenvalue weighted by Gasteiger charge is 2.51. The molecule has 0 N–H and O–H groups in total. The Morgan fingerprint density at radius 1 is 1.07 bits per heavy atom. The van der Waals surface area contributed by atoms with E-state index in [2.05, 4.69) is 9.55 Å². The lowest BCUT2D eigenvalue weighted by molar-refractivity contribution is -0.163. The largest absolute Gasteiger partial charge is 0.373 e. The molecule has 0 saturated heterocycles. The van der Waals surface area contributed by atoms with Crippen molar-refractivity contribution in [3.05, 3.63) is 32.7 Å². The predicted molar refractivity (Wildman–Crippen MR) is 113 cm³/mol. The lowest BCUT2D eigenvalue weighted by atomic mass is 9.54. The molecule has 0 unspecified atom stereocenters. The van der Waals surface area contributed by atoms with E-state index in [1.165, 1.54) is 50.1 Å². The number of rotatable bonds is 4. The Bertz CT molecular complexity index is 1260. The number of aryl methyl sites for hydroxylation is 2. The first-order chi connectivity index (χ1) is 14.3. The van der Waals surface area contributed by atoms with E-state index >= 15 is 0 Å². The van der Waals surface area contributed by atoms with Crippen LogP contribution >= 0.6 is 0 Å². The number of fused-ring (bicyclic) bond motifs is 3. The standard InChI is InChI=1S/C22H29N5O3/c1-13-12-27-17-18(24(2)21(29)25(3)19(17)28)23-20(27)26(13)4-5-30-22-9-14-6-15(10-22)8-16(7-14)11-22/h12,14-16H,4-11H2,1-3H3. The molecular weight excluding hydrogens is 382 g/mol. The van der Waals surface area contributed by atoms with Crippen molar-refractivity contribution >= 4 is 16.9 Å². The molecule has 8 heteroatoms. The Labute approximate surface area is 174 Å². The van der Waals surface area contributed by atoms with Crippen molar-refractivity contribution in [2.45, 2.75) is 57.6 Å². The minimum absolute atomic E-state index is 0.0894. The van der Waals surface area contributed by atoms with Gasteiger partial charge >= 0.3 is 5.69 Å². The maximum absolute atomic E-state index is 12.7. The normalized spacial score (nSPS) is 30.2. The van der Waals surface area contributed by atoms with Crippen molar-refractivity contribution in [1.29, 1.82) is 0 Å². The molecule has 7 rings (SSSR count). The van der Waals surface area contributed by atoms with Gasteiger partial charge in [0.05, 0.1) is 12.2 Å². The highest BCUT2D eigenvalue weighted by molar-refractivity contribution is 5.75. The third kappa shape index (κ3) is 2.46. The van der Waals surface area contributed by atoms with Gasteiger partial charge in [-0.2, -0.15) is 4.98 Å². The zero-order chi connectivity index (χ0) is 20.8. The lowest BCUT2D eigenvalue weighted by Gasteiger charge is -2.56. The van der Waals surface area contributed by atoms with Crippen molar-refractivity contribution in [1.82, 2.24) is 23.1 Å². The predicted octanol–water partition coefficient (Wildman–Crippen LogP) is 1.98. The molecule has 0 atom stereocenters. The molecule has 3 aromatic rings. The second-order valence-corrected chi connectivity index (χ2v) is 10.0. The molecule has 4 aliphatic carbocycles. The molecule has 0 aliphatic heterocycles. The molecule has 0 spiro atoms. The fourth-order valence-electron chi connectivity index (χ4n) is 6.97. The molecule has 4 aliphatic rings. The van der Waals surface area contributed by atoms with Gasteiger partial charge in [0, 0.05) is 32.5 Å². The van der Waals surface area contributed by atoms with E-state index in [1.807, 2.05) is 17.5 Å². The summed E-state index contributed by atoms with van der Waals surface area (Å²) in [6, 6.07) is 0. The molecule has 3 heterocycles. The Hall–Kier alpha value is -2.35. The SMILES string of the molecule is Cc1cn2c3c(=O)n(C)c(=O)n(C)c3nc2n1CCOC12CC3CC(CC(C3)C1)C2. The number of ether oxygens (including phenoxy) is 1. The molecule has 4 fully saturated rings. The fraction of sp³-hybridized carbons (Fsp3) is 0.682. The van der Waals surface area contributed by atoms with Crippen molar-refractivity contribution in [3.63, 3.8) is 0 Å². The summed E-state index contributed by atoms with van der Waals surface area (Å²) in [5.41, 5.74) is 1.31. The second-order valence-electron chi connectivity index (χ2n) is 10.0. The Morgan fingerprint density at radius 3 is 2.33 bits per heavy atom. The minimum atomic E-state index is -0.360. The number of aromatic nitrogens is 5. The molecular formula is C22H29N5O3. The first kappa shape index (κ1) is 18.4. The van der Waals surface area contributed by atoms with Crippen LogP contribution in [0.3, 0.4) is 0 Å². The summed E-state index contributed by atoms with van der Waals surface area (Å²) < 4.78 is 13.1. The van der Waals surface area contributed by atoms with Gasteiger partial charge in [0.1, 0.15) is 0 Å². The highest BCUT2D eigenvalue weighted by atomic mass is 16.5. The number of imidazole rings is 2. The van der Waals surface area contributed by atoms with Crippen LogP contribution in [-0.2, 0) is 25.4 Å². The maximum atomic E-state index is 12.7. The van der Waals surface area contributed by atoms with E-state index in [9.17, 15) is 9.59 Å². The van der Waals surface area contributed by atoms with Gasteiger partial charge in [-0.05, 0) is 63.2 Å². The Balaban J connectivity index is 1.32. The lowest BCUT2D eigenvalue weighted by Crippen LogP contribution is -2.52. The van der Waals surface area contributed by atoms with Gasteiger partial charge in [-0.25, -0.2) is 4.79 Å². The summed E-state index contributed by atoms with van der Waals surface area (Å²) in [5.74, 6) is 3.29. The zero-order valence-corrected chi connectivity index (χ0v) is 17.9. The van der Waals surface area contributed by atoms with Crippen LogP contribution in [0.2, 0.25) is 0 Å². The molecule has 0 aromatic carbocycles. The van der Waals surface area contributed by atoms with Crippen LogP contribution in [0.5, 0.6) is 0 Å². The van der Waals surface area contributed by atoms with E-state index in [0.29, 0.717) is 30.1 Å². The van der Waals surface area contributed by atoms with Gasteiger partial charge < -0.3 is 9.30 Å². The quantitative estimate of drug-likeness (QED) is 0.658. The molecule has 4 saturated carbocycles. The number of hydrogen-bond donors (Lipinski definition) is 0. The van der Waals surface area contributed by atoms with E-state index in [-0.39, 0.29) is 16.9 Å². The summed E-state index contributed by atoms with van der Waals surface area (Å²) in [4.78, 5) is 29.7. The van der Waals surface area contributed by atoms with Gasteiger partial charge in [-0.3, -0.25) is 18.3 Å². The first-order valence-electron chi connectivity index (χ1n) is 11.1. The molecule has 160 valence electrons. The van der Waals surface area contributed by atoms with Gasteiger partial charge in [-0.1, -0.05) is 0 Å². The van der Waals surface area contributed by atoms with Gasteiger partial charge in [0.15, 0.2) is 11.2 Å². The smallest absolute Gasteiger partial charge is 0.332 e. The molecule has 30 heavy (non-hydrogen) atoms. The van der Waals surface area contributed by atoms with Crippen LogP contribution in [0.15, 0.2) is 15.8 Å². The van der Waals surface area contributed by atoms with Crippen molar-refractivity contribution in [2.24, 2.45) is 31.8 Å². The van der Waals surface area contributed by atoms with Gasteiger partial charge in [0.2, 0.25) is 5.78 Å². The van der Waals surface area contributed by atoms with Crippen LogP contribution in [-0.4, -0.2) is 35.3 Å².